The van der Waals surface area contributed by atoms with Gasteiger partial charge in [-0.2, -0.15) is 0 Å². The Kier molecular flexibility index (Phi) is 4.18. The van der Waals surface area contributed by atoms with Crippen molar-refractivity contribution in [3.63, 3.8) is 0 Å². The average molecular weight is 254 g/mol. The normalized spacial score (nSPS) is 10.0. The molecule has 0 saturated heterocycles. The van der Waals surface area contributed by atoms with Crippen molar-refractivity contribution in [2.24, 2.45) is 0 Å². The maximum atomic E-state index is 11.8. The summed E-state index contributed by atoms with van der Waals surface area (Å²) in [5.41, 5.74) is 4.18. The number of carbonyl (C=O) groups excluding carboxylic acids is 1. The molecule has 2 aromatic carbocycles. The molecule has 3 heteroatoms. The molecule has 0 aliphatic heterocycles. The van der Waals surface area contributed by atoms with Gasteiger partial charge < -0.3 is 10.6 Å². The zero-order chi connectivity index (χ0) is 13.7. The number of aryl methyl sites for hydroxylation is 2. The molecule has 98 valence electrons. The lowest BCUT2D eigenvalue weighted by Gasteiger charge is -2.10. The van der Waals surface area contributed by atoms with Crippen molar-refractivity contribution >= 4 is 11.7 Å². The predicted octanol–water partition coefficient (Wildman–Crippen LogP) is 3.63. The molecule has 0 aliphatic carbocycles. The van der Waals surface area contributed by atoms with E-state index in [-0.39, 0.29) is 6.03 Å². The zero-order valence-electron chi connectivity index (χ0n) is 11.2. The molecule has 0 spiro atoms. The Bertz CT molecular complexity index is 578. The highest BCUT2D eigenvalue weighted by molar-refractivity contribution is 5.89. The van der Waals surface area contributed by atoms with Gasteiger partial charge in [0, 0.05) is 12.2 Å². The number of benzene rings is 2. The highest BCUT2D eigenvalue weighted by Crippen LogP contribution is 2.12. The first-order chi connectivity index (χ1) is 9.15. The van der Waals surface area contributed by atoms with Crippen molar-refractivity contribution in [2.75, 3.05) is 5.32 Å². The summed E-state index contributed by atoms with van der Waals surface area (Å²) in [6.45, 7) is 4.53. The van der Waals surface area contributed by atoms with Crippen LogP contribution in [0.3, 0.4) is 0 Å². The average Bonchev–Trinajstić information content (AvgIpc) is 2.39. The van der Waals surface area contributed by atoms with Gasteiger partial charge in [0.05, 0.1) is 0 Å². The van der Waals surface area contributed by atoms with Gasteiger partial charge in [-0.25, -0.2) is 4.79 Å². The van der Waals surface area contributed by atoms with Gasteiger partial charge >= 0.3 is 6.03 Å². The first kappa shape index (κ1) is 13.1. The minimum absolute atomic E-state index is 0.184. The maximum Gasteiger partial charge on any atom is 0.319 e. The van der Waals surface area contributed by atoms with Gasteiger partial charge in [0.25, 0.3) is 0 Å². The Morgan fingerprint density at radius 1 is 1.05 bits per heavy atom. The van der Waals surface area contributed by atoms with Gasteiger partial charge in [-0.1, -0.05) is 48.0 Å². The number of amides is 2. The molecule has 2 N–H and O–H groups in total. The number of urea groups is 1. The van der Waals surface area contributed by atoms with Crippen molar-refractivity contribution in [1.29, 1.82) is 0 Å². The van der Waals surface area contributed by atoms with E-state index in [1.807, 2.05) is 56.3 Å². The third-order valence-electron chi connectivity index (χ3n) is 2.93. The molecular weight excluding hydrogens is 236 g/mol. The maximum absolute atomic E-state index is 11.8. The fraction of sp³-hybridized carbons (Fsp3) is 0.188. The lowest BCUT2D eigenvalue weighted by atomic mass is 10.1. The topological polar surface area (TPSA) is 41.1 Å². The smallest absolute Gasteiger partial charge is 0.319 e. The van der Waals surface area contributed by atoms with Crippen LogP contribution in [0.25, 0.3) is 0 Å². The highest BCUT2D eigenvalue weighted by Gasteiger charge is 2.03. The monoisotopic (exact) mass is 254 g/mol. The van der Waals surface area contributed by atoms with Crippen LogP contribution in [0.15, 0.2) is 48.5 Å². The van der Waals surface area contributed by atoms with Crippen molar-refractivity contribution < 1.29 is 4.79 Å². The van der Waals surface area contributed by atoms with Gasteiger partial charge in [0.15, 0.2) is 0 Å². The van der Waals surface area contributed by atoms with Crippen LogP contribution >= 0.6 is 0 Å². The van der Waals surface area contributed by atoms with Crippen LogP contribution in [-0.4, -0.2) is 6.03 Å². The van der Waals surface area contributed by atoms with E-state index in [0.717, 1.165) is 16.8 Å². The number of rotatable bonds is 3. The van der Waals surface area contributed by atoms with E-state index in [0.29, 0.717) is 6.54 Å². The molecule has 0 saturated carbocycles. The largest absolute Gasteiger partial charge is 0.334 e. The minimum atomic E-state index is -0.184. The summed E-state index contributed by atoms with van der Waals surface area (Å²) in [6.07, 6.45) is 0. The fourth-order valence-electron chi connectivity index (χ4n) is 1.88. The van der Waals surface area contributed by atoms with Crippen LogP contribution in [0, 0.1) is 13.8 Å². The van der Waals surface area contributed by atoms with Gasteiger partial charge in [-0.15, -0.1) is 0 Å². The van der Waals surface area contributed by atoms with Crippen LogP contribution in [0.1, 0.15) is 16.7 Å². The number of para-hydroxylation sites is 1. The second kappa shape index (κ2) is 6.05. The van der Waals surface area contributed by atoms with Crippen molar-refractivity contribution in [2.45, 2.75) is 20.4 Å². The van der Waals surface area contributed by atoms with Crippen LogP contribution < -0.4 is 10.6 Å². The van der Waals surface area contributed by atoms with Crippen molar-refractivity contribution in [1.82, 2.24) is 5.32 Å². The molecule has 19 heavy (non-hydrogen) atoms. The van der Waals surface area contributed by atoms with E-state index >= 15 is 0 Å². The summed E-state index contributed by atoms with van der Waals surface area (Å²) in [7, 11) is 0. The molecule has 0 aliphatic rings. The Labute approximate surface area is 113 Å². The summed E-state index contributed by atoms with van der Waals surface area (Å²) in [5.74, 6) is 0. The summed E-state index contributed by atoms with van der Waals surface area (Å²) < 4.78 is 0. The third kappa shape index (κ3) is 3.85. The van der Waals surface area contributed by atoms with E-state index in [1.54, 1.807) is 0 Å². The van der Waals surface area contributed by atoms with E-state index in [9.17, 15) is 4.79 Å². The molecule has 0 fully saturated rings. The van der Waals surface area contributed by atoms with Crippen LogP contribution in [0.5, 0.6) is 0 Å². The number of nitrogens with one attached hydrogen (secondary N) is 2. The summed E-state index contributed by atoms with van der Waals surface area (Å²) in [4.78, 5) is 11.8. The Morgan fingerprint density at radius 3 is 2.58 bits per heavy atom. The number of anilines is 1. The second-order valence-corrected chi connectivity index (χ2v) is 4.61. The van der Waals surface area contributed by atoms with E-state index in [4.69, 9.17) is 0 Å². The quantitative estimate of drug-likeness (QED) is 0.863. The summed E-state index contributed by atoms with van der Waals surface area (Å²) >= 11 is 0. The molecule has 0 unspecified atom stereocenters. The van der Waals surface area contributed by atoms with E-state index in [2.05, 4.69) is 16.7 Å². The van der Waals surface area contributed by atoms with E-state index in [1.165, 1.54) is 5.56 Å². The zero-order valence-corrected chi connectivity index (χ0v) is 11.2. The Balaban J connectivity index is 1.90. The molecule has 2 aromatic rings. The summed E-state index contributed by atoms with van der Waals surface area (Å²) in [5, 5.41) is 5.70. The highest BCUT2D eigenvalue weighted by atomic mass is 16.2. The summed E-state index contributed by atoms with van der Waals surface area (Å²) in [6, 6.07) is 15.6. The standard InChI is InChI=1S/C16H18N2O/c1-12-6-5-8-14(10-12)11-17-16(19)18-15-9-4-3-7-13(15)2/h3-10H,11H2,1-2H3,(H2,17,18,19). The first-order valence-electron chi connectivity index (χ1n) is 6.31. The molecule has 0 heterocycles. The fourth-order valence-corrected chi connectivity index (χ4v) is 1.88. The number of hydrogen-bond donors (Lipinski definition) is 2. The second-order valence-electron chi connectivity index (χ2n) is 4.61. The molecule has 0 aromatic heterocycles. The molecule has 2 rings (SSSR count). The number of hydrogen-bond acceptors (Lipinski definition) is 1. The Hall–Kier alpha value is -2.29. The van der Waals surface area contributed by atoms with Crippen molar-refractivity contribution in [3.8, 4) is 0 Å². The van der Waals surface area contributed by atoms with Gasteiger partial charge in [-0.05, 0) is 31.0 Å². The molecule has 0 atom stereocenters. The molecule has 3 nitrogen and oxygen atoms in total. The molecule has 0 bridgehead atoms. The lowest BCUT2D eigenvalue weighted by molar-refractivity contribution is 0.251. The number of carbonyl (C=O) groups is 1. The third-order valence-corrected chi connectivity index (χ3v) is 2.93. The SMILES string of the molecule is Cc1cccc(CNC(=O)Nc2ccccc2C)c1. The van der Waals surface area contributed by atoms with Crippen molar-refractivity contribution in [3.05, 3.63) is 65.2 Å². The van der Waals surface area contributed by atoms with Gasteiger partial charge in [-0.3, -0.25) is 0 Å². The minimum Gasteiger partial charge on any atom is -0.334 e. The van der Waals surface area contributed by atoms with Crippen LogP contribution in [0.4, 0.5) is 10.5 Å². The van der Waals surface area contributed by atoms with E-state index < -0.39 is 0 Å². The van der Waals surface area contributed by atoms with Gasteiger partial charge in [0.1, 0.15) is 0 Å². The lowest BCUT2D eigenvalue weighted by Crippen LogP contribution is -2.28. The van der Waals surface area contributed by atoms with Gasteiger partial charge in [0.2, 0.25) is 0 Å². The predicted molar refractivity (Wildman–Crippen MR) is 78.2 cm³/mol. The Morgan fingerprint density at radius 2 is 1.84 bits per heavy atom. The van der Waals surface area contributed by atoms with Crippen LogP contribution in [0.2, 0.25) is 0 Å². The molecule has 2 amide bonds. The molecule has 0 radical (unpaired) electrons. The first-order valence-corrected chi connectivity index (χ1v) is 6.31. The molecular formula is C16H18N2O. The van der Waals surface area contributed by atoms with Crippen LogP contribution in [-0.2, 0) is 6.54 Å².